The number of likely N-dealkylation sites (N-methyl/N-ethyl adjacent to an activating group) is 1. The van der Waals surface area contributed by atoms with Crippen molar-refractivity contribution in [2.75, 3.05) is 40.5 Å². The van der Waals surface area contributed by atoms with Crippen molar-refractivity contribution in [3.63, 3.8) is 0 Å². The van der Waals surface area contributed by atoms with Crippen LogP contribution < -0.4 is 14.8 Å². The third kappa shape index (κ3) is 5.62. The van der Waals surface area contributed by atoms with Crippen LogP contribution in [0.25, 0.3) is 33.6 Å². The molecule has 4 heterocycles. The summed E-state index contributed by atoms with van der Waals surface area (Å²) in [6, 6.07) is 17.1. The number of rotatable bonds is 7. The minimum atomic E-state index is -0.124. The quantitative estimate of drug-likeness (QED) is 0.340. The van der Waals surface area contributed by atoms with E-state index in [2.05, 4.69) is 28.3 Å². The number of benzene rings is 2. The predicted octanol–water partition coefficient (Wildman–Crippen LogP) is 5.03. The first kappa shape index (κ1) is 26.8. The van der Waals surface area contributed by atoms with E-state index in [4.69, 9.17) is 18.6 Å². The molecule has 0 bridgehead atoms. The smallest absolute Gasteiger partial charge is 0.251 e. The standard InChI is InChI=1S/C32H32N4O5/c1-36-12-8-23(19-36)35-32(37)21-3-5-26(29(16-21)38-2)30-17-27-31(41-30)25(7-11-34-27)20-4-6-28(22(15-20)18-33)40-24-9-13-39-14-10-24/h3-7,11,15-17,23-24H,8-10,12-14,19H2,1-2H3,(H,35,37). The SMILES string of the molecule is COc1cc(C(=O)NC2CCN(C)C2)ccc1-c1cc2nccc(-c3ccc(OC4CCOCC4)c(C#N)c3)c2o1. The zero-order chi connectivity index (χ0) is 28.3. The number of nitrogens with one attached hydrogen (secondary N) is 1. The number of carbonyl (C=O) groups is 1. The van der Waals surface area contributed by atoms with Crippen LogP contribution in [-0.4, -0.2) is 68.4 Å². The van der Waals surface area contributed by atoms with Crippen LogP contribution in [-0.2, 0) is 4.74 Å². The molecule has 2 saturated heterocycles. The van der Waals surface area contributed by atoms with E-state index in [-0.39, 0.29) is 18.1 Å². The number of pyridine rings is 1. The van der Waals surface area contributed by atoms with Gasteiger partial charge in [0.25, 0.3) is 5.91 Å². The van der Waals surface area contributed by atoms with Gasteiger partial charge in [-0.05, 0) is 62.0 Å². The third-order valence-corrected chi connectivity index (χ3v) is 7.74. The monoisotopic (exact) mass is 552 g/mol. The summed E-state index contributed by atoms with van der Waals surface area (Å²) >= 11 is 0. The number of nitriles is 1. The highest BCUT2D eigenvalue weighted by Crippen LogP contribution is 2.38. The van der Waals surface area contributed by atoms with Crippen molar-refractivity contribution >= 4 is 17.0 Å². The Morgan fingerprint density at radius 3 is 2.68 bits per heavy atom. The Hall–Kier alpha value is -4.39. The van der Waals surface area contributed by atoms with Gasteiger partial charge in [-0.2, -0.15) is 5.26 Å². The highest BCUT2D eigenvalue weighted by molar-refractivity contribution is 5.97. The Balaban J connectivity index is 1.28. The number of nitrogens with zero attached hydrogens (tertiary/aromatic N) is 3. The average molecular weight is 553 g/mol. The molecule has 41 heavy (non-hydrogen) atoms. The van der Waals surface area contributed by atoms with Crippen LogP contribution in [0, 0.1) is 11.3 Å². The van der Waals surface area contributed by atoms with Crippen LogP contribution in [0.3, 0.4) is 0 Å². The number of carbonyl (C=O) groups excluding carboxylic acids is 1. The molecule has 0 radical (unpaired) electrons. The van der Waals surface area contributed by atoms with Crippen molar-refractivity contribution < 1.29 is 23.4 Å². The maximum absolute atomic E-state index is 12.9. The first-order chi connectivity index (χ1) is 20.0. The van der Waals surface area contributed by atoms with E-state index in [1.165, 1.54) is 0 Å². The molecule has 2 aliphatic heterocycles. The van der Waals surface area contributed by atoms with E-state index in [1.807, 2.05) is 36.4 Å². The van der Waals surface area contributed by atoms with Gasteiger partial charge in [-0.15, -0.1) is 0 Å². The maximum atomic E-state index is 12.9. The van der Waals surface area contributed by atoms with Crippen molar-refractivity contribution in [1.82, 2.24) is 15.2 Å². The molecule has 4 aromatic rings. The van der Waals surface area contributed by atoms with E-state index < -0.39 is 0 Å². The number of aromatic nitrogens is 1. The number of methoxy groups -OCH3 is 1. The Bertz CT molecular complexity index is 1620. The molecule has 2 aromatic carbocycles. The van der Waals surface area contributed by atoms with Crippen molar-refractivity contribution in [2.45, 2.75) is 31.4 Å². The number of amides is 1. The fourth-order valence-corrected chi connectivity index (χ4v) is 5.52. The van der Waals surface area contributed by atoms with Crippen LogP contribution >= 0.6 is 0 Å². The lowest BCUT2D eigenvalue weighted by Gasteiger charge is -2.23. The third-order valence-electron chi connectivity index (χ3n) is 7.74. The Morgan fingerprint density at radius 1 is 1.07 bits per heavy atom. The van der Waals surface area contributed by atoms with Crippen LogP contribution in [0.2, 0.25) is 0 Å². The summed E-state index contributed by atoms with van der Waals surface area (Å²) in [7, 11) is 3.63. The van der Waals surface area contributed by atoms with E-state index in [1.54, 1.807) is 25.4 Å². The molecule has 210 valence electrons. The molecule has 2 aromatic heterocycles. The topological polar surface area (TPSA) is 110 Å². The van der Waals surface area contributed by atoms with Gasteiger partial charge in [-0.1, -0.05) is 6.07 Å². The van der Waals surface area contributed by atoms with Crippen molar-refractivity contribution in [1.29, 1.82) is 5.26 Å². The van der Waals surface area contributed by atoms with E-state index >= 15 is 0 Å². The van der Waals surface area contributed by atoms with Crippen LogP contribution in [0.15, 0.2) is 59.1 Å². The second-order valence-corrected chi connectivity index (χ2v) is 10.6. The molecule has 0 aliphatic carbocycles. The Labute approximate surface area is 238 Å². The molecule has 0 saturated carbocycles. The second kappa shape index (κ2) is 11.6. The van der Waals surface area contributed by atoms with Gasteiger partial charge in [0.15, 0.2) is 5.58 Å². The van der Waals surface area contributed by atoms with Crippen LogP contribution in [0.1, 0.15) is 35.2 Å². The number of hydrogen-bond acceptors (Lipinski definition) is 8. The second-order valence-electron chi connectivity index (χ2n) is 10.6. The number of fused-ring (bicyclic) bond motifs is 1. The molecule has 6 rings (SSSR count). The molecule has 2 fully saturated rings. The number of likely N-dealkylation sites (tertiary alicyclic amines) is 1. The summed E-state index contributed by atoms with van der Waals surface area (Å²) < 4.78 is 23.6. The first-order valence-corrected chi connectivity index (χ1v) is 13.9. The van der Waals surface area contributed by atoms with Gasteiger partial charge in [0.05, 0.1) is 31.5 Å². The predicted molar refractivity (Wildman–Crippen MR) is 154 cm³/mol. The first-order valence-electron chi connectivity index (χ1n) is 13.9. The minimum absolute atomic E-state index is 0.0406. The largest absolute Gasteiger partial charge is 0.496 e. The highest BCUT2D eigenvalue weighted by Gasteiger charge is 2.23. The molecular weight excluding hydrogens is 520 g/mol. The molecular formula is C32H32N4O5. The number of furan rings is 1. The molecule has 1 unspecified atom stereocenters. The molecule has 1 atom stereocenters. The lowest BCUT2D eigenvalue weighted by molar-refractivity contribution is 0.0254. The summed E-state index contributed by atoms with van der Waals surface area (Å²) in [5.74, 6) is 1.55. The fraction of sp³-hybridized carbons (Fsp3) is 0.344. The Kier molecular flexibility index (Phi) is 7.59. The van der Waals surface area contributed by atoms with E-state index in [9.17, 15) is 10.1 Å². The Morgan fingerprint density at radius 2 is 1.93 bits per heavy atom. The van der Waals surface area contributed by atoms with Gasteiger partial charge in [0.1, 0.15) is 34.9 Å². The fourth-order valence-electron chi connectivity index (χ4n) is 5.52. The summed E-state index contributed by atoms with van der Waals surface area (Å²) in [6.07, 6.45) is 4.31. The van der Waals surface area contributed by atoms with Gasteiger partial charge in [-0.25, -0.2) is 0 Å². The van der Waals surface area contributed by atoms with Crippen molar-refractivity contribution in [3.8, 4) is 40.0 Å². The zero-order valence-corrected chi connectivity index (χ0v) is 23.2. The van der Waals surface area contributed by atoms with Crippen molar-refractivity contribution in [3.05, 3.63) is 65.9 Å². The summed E-state index contributed by atoms with van der Waals surface area (Å²) in [6.45, 7) is 3.15. The average Bonchev–Trinajstić information content (AvgIpc) is 3.63. The number of hydrogen-bond donors (Lipinski definition) is 1. The normalized spacial score (nSPS) is 17.8. The van der Waals surface area contributed by atoms with Crippen LogP contribution in [0.5, 0.6) is 11.5 Å². The lowest BCUT2D eigenvalue weighted by Crippen LogP contribution is -2.36. The van der Waals surface area contributed by atoms with Crippen LogP contribution in [0.4, 0.5) is 0 Å². The lowest BCUT2D eigenvalue weighted by atomic mass is 10.0. The molecule has 2 aliphatic rings. The summed E-state index contributed by atoms with van der Waals surface area (Å²) in [4.78, 5) is 19.6. The summed E-state index contributed by atoms with van der Waals surface area (Å²) in [5, 5.41) is 13.0. The molecule has 9 nitrogen and oxygen atoms in total. The van der Waals surface area contributed by atoms with E-state index in [0.29, 0.717) is 58.3 Å². The van der Waals surface area contributed by atoms with Gasteiger partial charge in [-0.3, -0.25) is 9.78 Å². The number of ether oxygens (including phenoxy) is 3. The maximum Gasteiger partial charge on any atom is 0.251 e. The van der Waals surface area contributed by atoms with Gasteiger partial charge in [0, 0.05) is 48.8 Å². The van der Waals surface area contributed by atoms with Gasteiger partial charge in [0.2, 0.25) is 0 Å². The highest BCUT2D eigenvalue weighted by atomic mass is 16.5. The van der Waals surface area contributed by atoms with E-state index in [0.717, 1.165) is 43.5 Å². The molecule has 0 spiro atoms. The zero-order valence-electron chi connectivity index (χ0n) is 23.2. The van der Waals surface area contributed by atoms with Gasteiger partial charge >= 0.3 is 0 Å². The minimum Gasteiger partial charge on any atom is -0.496 e. The van der Waals surface area contributed by atoms with Crippen molar-refractivity contribution in [2.24, 2.45) is 0 Å². The molecule has 1 amide bonds. The van der Waals surface area contributed by atoms with Gasteiger partial charge < -0.3 is 28.8 Å². The summed E-state index contributed by atoms with van der Waals surface area (Å²) in [5.41, 5.74) is 4.61. The molecule has 1 N–H and O–H groups in total. The molecule has 9 heteroatoms.